The van der Waals surface area contributed by atoms with Gasteiger partial charge in [0.1, 0.15) is 5.75 Å². The molecule has 1 heterocycles. The van der Waals surface area contributed by atoms with Crippen LogP contribution in [0.3, 0.4) is 0 Å². The summed E-state index contributed by atoms with van der Waals surface area (Å²) in [4.78, 5) is 4.63. The van der Waals surface area contributed by atoms with Crippen LogP contribution in [0, 0.1) is 6.92 Å². The van der Waals surface area contributed by atoms with Gasteiger partial charge in [0.2, 0.25) is 0 Å². The number of nitrogens with zero attached hydrogens (tertiary/aromatic N) is 3. The van der Waals surface area contributed by atoms with Crippen LogP contribution in [0.1, 0.15) is 30.0 Å². The molecule has 148 valence electrons. The Kier molecular flexibility index (Phi) is 8.64. The highest BCUT2D eigenvalue weighted by atomic mass is 16.5. The van der Waals surface area contributed by atoms with Gasteiger partial charge in [-0.1, -0.05) is 12.1 Å². The predicted molar refractivity (Wildman–Crippen MR) is 108 cm³/mol. The second kappa shape index (κ2) is 11.2. The fourth-order valence-corrected chi connectivity index (χ4v) is 2.57. The normalized spacial score (nSPS) is 11.5. The average molecular weight is 374 g/mol. The van der Waals surface area contributed by atoms with Crippen molar-refractivity contribution in [3.8, 4) is 5.75 Å². The second-order valence-corrected chi connectivity index (χ2v) is 6.38. The number of aryl methyl sites for hydroxylation is 2. The summed E-state index contributed by atoms with van der Waals surface area (Å²) in [5, 5.41) is 10.8. The summed E-state index contributed by atoms with van der Waals surface area (Å²) < 4.78 is 12.8. The number of aliphatic imine (C=N–C) groups is 1. The lowest BCUT2D eigenvalue weighted by atomic mass is 10.1. The van der Waals surface area contributed by atoms with E-state index in [9.17, 15) is 0 Å². The molecular weight excluding hydrogens is 342 g/mol. The standard InChI is InChI=1S/C20H31N5O2/c1-5-21-20(22-12-17-13-24-25(3)15-17)23-14-18-8-7-16(2)11-19(18)27-10-6-9-26-4/h7-8,11,13,15H,5-6,9-10,12,14H2,1-4H3,(H2,21,22,23). The van der Waals surface area contributed by atoms with Gasteiger partial charge in [0.15, 0.2) is 5.96 Å². The van der Waals surface area contributed by atoms with Crippen LogP contribution < -0.4 is 15.4 Å². The predicted octanol–water partition coefficient (Wildman–Crippen LogP) is 2.40. The third-order valence-electron chi connectivity index (χ3n) is 3.94. The van der Waals surface area contributed by atoms with Crippen LogP contribution in [0.15, 0.2) is 35.6 Å². The molecule has 1 aromatic heterocycles. The molecule has 7 nitrogen and oxygen atoms in total. The summed E-state index contributed by atoms with van der Waals surface area (Å²) in [5.74, 6) is 1.67. The lowest BCUT2D eigenvalue weighted by Crippen LogP contribution is -2.36. The highest BCUT2D eigenvalue weighted by Gasteiger charge is 2.06. The first-order valence-electron chi connectivity index (χ1n) is 9.33. The van der Waals surface area contributed by atoms with Crippen molar-refractivity contribution in [1.29, 1.82) is 0 Å². The first-order valence-corrected chi connectivity index (χ1v) is 9.33. The molecule has 0 saturated carbocycles. The Balaban J connectivity index is 1.98. The number of methoxy groups -OCH3 is 1. The molecule has 0 fully saturated rings. The number of guanidine groups is 1. The zero-order valence-electron chi connectivity index (χ0n) is 16.8. The average Bonchev–Trinajstić information content (AvgIpc) is 3.07. The minimum Gasteiger partial charge on any atom is -0.493 e. The molecule has 0 radical (unpaired) electrons. The molecule has 0 aliphatic rings. The van der Waals surface area contributed by atoms with Crippen LogP contribution in [0.5, 0.6) is 5.75 Å². The smallest absolute Gasteiger partial charge is 0.191 e. The Morgan fingerprint density at radius 1 is 1.26 bits per heavy atom. The van der Waals surface area contributed by atoms with Crippen molar-refractivity contribution in [2.24, 2.45) is 12.0 Å². The largest absolute Gasteiger partial charge is 0.493 e. The monoisotopic (exact) mass is 373 g/mol. The SMILES string of the molecule is CCNC(=NCc1cnn(C)c1)NCc1ccc(C)cc1OCCCOC. The van der Waals surface area contributed by atoms with E-state index in [1.807, 2.05) is 19.4 Å². The van der Waals surface area contributed by atoms with E-state index in [1.165, 1.54) is 5.56 Å². The molecule has 0 saturated heterocycles. The van der Waals surface area contributed by atoms with Crippen molar-refractivity contribution < 1.29 is 9.47 Å². The molecule has 1 aromatic carbocycles. The number of rotatable bonds is 10. The Labute approximate surface area is 161 Å². The molecule has 0 aliphatic carbocycles. The molecule has 0 spiro atoms. The van der Waals surface area contributed by atoms with E-state index in [1.54, 1.807) is 11.8 Å². The van der Waals surface area contributed by atoms with Crippen molar-refractivity contribution in [3.63, 3.8) is 0 Å². The lowest BCUT2D eigenvalue weighted by molar-refractivity contribution is 0.172. The van der Waals surface area contributed by atoms with Crippen molar-refractivity contribution in [2.45, 2.75) is 33.4 Å². The maximum absolute atomic E-state index is 5.95. The van der Waals surface area contributed by atoms with Crippen LogP contribution >= 0.6 is 0 Å². The molecule has 0 unspecified atom stereocenters. The van der Waals surface area contributed by atoms with E-state index in [4.69, 9.17) is 9.47 Å². The van der Waals surface area contributed by atoms with Crippen molar-refractivity contribution >= 4 is 5.96 Å². The highest BCUT2D eigenvalue weighted by molar-refractivity contribution is 5.79. The van der Waals surface area contributed by atoms with E-state index in [2.05, 4.69) is 52.8 Å². The molecule has 7 heteroatoms. The third-order valence-corrected chi connectivity index (χ3v) is 3.94. The Bertz CT molecular complexity index is 727. The van der Waals surface area contributed by atoms with Gasteiger partial charge in [-0.25, -0.2) is 4.99 Å². The van der Waals surface area contributed by atoms with Crippen LogP contribution in [-0.4, -0.2) is 42.6 Å². The maximum atomic E-state index is 5.95. The van der Waals surface area contributed by atoms with Crippen LogP contribution in [0.4, 0.5) is 0 Å². The van der Waals surface area contributed by atoms with E-state index in [-0.39, 0.29) is 0 Å². The fourth-order valence-electron chi connectivity index (χ4n) is 2.57. The summed E-state index contributed by atoms with van der Waals surface area (Å²) in [6, 6.07) is 6.26. The van der Waals surface area contributed by atoms with Crippen molar-refractivity contribution in [3.05, 3.63) is 47.3 Å². The molecule has 2 rings (SSSR count). The van der Waals surface area contributed by atoms with E-state index < -0.39 is 0 Å². The molecule has 2 aromatic rings. The number of hydrogen-bond donors (Lipinski definition) is 2. The second-order valence-electron chi connectivity index (χ2n) is 6.38. The van der Waals surface area contributed by atoms with Gasteiger partial charge < -0.3 is 20.1 Å². The summed E-state index contributed by atoms with van der Waals surface area (Å²) in [6.07, 6.45) is 4.67. The minimum absolute atomic E-state index is 0.581. The number of hydrogen-bond acceptors (Lipinski definition) is 4. The van der Waals surface area contributed by atoms with E-state index >= 15 is 0 Å². The van der Waals surface area contributed by atoms with Crippen LogP contribution in [-0.2, 0) is 24.9 Å². The molecule has 0 amide bonds. The van der Waals surface area contributed by atoms with Crippen molar-refractivity contribution in [2.75, 3.05) is 26.9 Å². The van der Waals surface area contributed by atoms with Crippen LogP contribution in [0.25, 0.3) is 0 Å². The van der Waals surface area contributed by atoms with E-state index in [0.29, 0.717) is 26.3 Å². The Hall–Kier alpha value is -2.54. The van der Waals surface area contributed by atoms with Crippen molar-refractivity contribution in [1.82, 2.24) is 20.4 Å². The topological polar surface area (TPSA) is 72.7 Å². The van der Waals surface area contributed by atoms with E-state index in [0.717, 1.165) is 35.8 Å². The van der Waals surface area contributed by atoms with Gasteiger partial charge in [0, 0.05) is 57.6 Å². The summed E-state index contributed by atoms with van der Waals surface area (Å²) in [5.41, 5.74) is 3.36. The zero-order valence-corrected chi connectivity index (χ0v) is 16.8. The summed E-state index contributed by atoms with van der Waals surface area (Å²) >= 11 is 0. The Morgan fingerprint density at radius 3 is 2.81 bits per heavy atom. The first kappa shape index (κ1) is 20.8. The minimum atomic E-state index is 0.581. The van der Waals surface area contributed by atoms with Gasteiger partial charge in [-0.05, 0) is 25.5 Å². The molecular formula is C20H31N5O2. The lowest BCUT2D eigenvalue weighted by Gasteiger charge is -2.15. The number of nitrogens with one attached hydrogen (secondary N) is 2. The molecule has 0 aliphatic heterocycles. The van der Waals surface area contributed by atoms with Gasteiger partial charge >= 0.3 is 0 Å². The van der Waals surface area contributed by atoms with Crippen LogP contribution in [0.2, 0.25) is 0 Å². The van der Waals surface area contributed by atoms with Gasteiger partial charge in [-0.2, -0.15) is 5.10 Å². The third kappa shape index (κ3) is 7.30. The molecule has 2 N–H and O–H groups in total. The van der Waals surface area contributed by atoms with Gasteiger partial charge in [-0.15, -0.1) is 0 Å². The number of ether oxygens (including phenoxy) is 2. The number of aromatic nitrogens is 2. The van der Waals surface area contributed by atoms with Gasteiger partial charge in [-0.3, -0.25) is 4.68 Å². The molecule has 0 atom stereocenters. The van der Waals surface area contributed by atoms with Gasteiger partial charge in [0.25, 0.3) is 0 Å². The maximum Gasteiger partial charge on any atom is 0.191 e. The summed E-state index contributed by atoms with van der Waals surface area (Å²) in [7, 11) is 3.61. The fraction of sp³-hybridized carbons (Fsp3) is 0.500. The quantitative estimate of drug-likeness (QED) is 0.380. The zero-order chi connectivity index (χ0) is 19.5. The summed E-state index contributed by atoms with van der Waals surface area (Å²) in [6.45, 7) is 7.48. The van der Waals surface area contributed by atoms with Gasteiger partial charge in [0.05, 0.1) is 19.3 Å². The number of benzene rings is 1. The first-order chi connectivity index (χ1) is 13.1. The highest BCUT2D eigenvalue weighted by Crippen LogP contribution is 2.20. The molecule has 0 bridgehead atoms. The molecule has 27 heavy (non-hydrogen) atoms. The Morgan fingerprint density at radius 2 is 2.11 bits per heavy atom.